The van der Waals surface area contributed by atoms with Crippen molar-refractivity contribution in [1.82, 2.24) is 5.32 Å². The molecule has 15 heavy (non-hydrogen) atoms. The molecule has 0 bridgehead atoms. The van der Waals surface area contributed by atoms with E-state index >= 15 is 0 Å². The molecule has 0 aromatic carbocycles. The summed E-state index contributed by atoms with van der Waals surface area (Å²) in [5, 5.41) is 11.1. The van der Waals surface area contributed by atoms with E-state index in [2.05, 4.69) is 5.32 Å². The summed E-state index contributed by atoms with van der Waals surface area (Å²) in [5.74, 6) is -1.64. The molecule has 0 aliphatic rings. The Kier molecular flexibility index (Phi) is 6.70. The predicted molar refractivity (Wildman–Crippen MR) is 55.5 cm³/mol. The highest BCUT2D eigenvalue weighted by Crippen LogP contribution is 1.93. The average molecular weight is 217 g/mol. The van der Waals surface area contributed by atoms with Gasteiger partial charge < -0.3 is 15.2 Å². The number of nitrogens with one attached hydrogen (secondary N) is 1. The standard InChI is InChI=1S/C10H19NO4/c1-7(2)15-5-4-9(12)11-6-8(3)10(13)14/h7-8H,4-6H2,1-3H3,(H,11,12)(H,13,14). The van der Waals surface area contributed by atoms with Crippen LogP contribution in [0.25, 0.3) is 0 Å². The van der Waals surface area contributed by atoms with Crippen molar-refractivity contribution in [2.24, 2.45) is 5.92 Å². The molecule has 1 atom stereocenters. The van der Waals surface area contributed by atoms with Gasteiger partial charge in [-0.05, 0) is 13.8 Å². The van der Waals surface area contributed by atoms with Gasteiger partial charge in [0.15, 0.2) is 0 Å². The number of aliphatic carboxylic acids is 1. The summed E-state index contributed by atoms with van der Waals surface area (Å²) >= 11 is 0. The minimum atomic E-state index is -0.909. The summed E-state index contributed by atoms with van der Waals surface area (Å²) in [4.78, 5) is 21.6. The Morgan fingerprint density at radius 1 is 1.33 bits per heavy atom. The Morgan fingerprint density at radius 2 is 1.93 bits per heavy atom. The average Bonchev–Trinajstić information content (AvgIpc) is 2.13. The van der Waals surface area contributed by atoms with E-state index in [1.54, 1.807) is 6.92 Å². The number of carbonyl (C=O) groups excluding carboxylic acids is 1. The molecule has 0 spiro atoms. The van der Waals surface area contributed by atoms with Crippen LogP contribution in [0.5, 0.6) is 0 Å². The zero-order chi connectivity index (χ0) is 11.8. The molecular formula is C10H19NO4. The Balaban J connectivity index is 3.53. The molecule has 0 saturated heterocycles. The molecule has 0 radical (unpaired) electrons. The van der Waals surface area contributed by atoms with Crippen LogP contribution in [0.4, 0.5) is 0 Å². The second-order valence-corrected chi connectivity index (χ2v) is 3.71. The first kappa shape index (κ1) is 13.9. The second-order valence-electron chi connectivity index (χ2n) is 3.71. The second kappa shape index (κ2) is 7.23. The molecule has 0 heterocycles. The van der Waals surface area contributed by atoms with Gasteiger partial charge in [-0.25, -0.2) is 0 Å². The zero-order valence-corrected chi connectivity index (χ0v) is 9.45. The number of rotatable bonds is 7. The first-order chi connectivity index (χ1) is 6.93. The van der Waals surface area contributed by atoms with E-state index in [-0.39, 0.29) is 25.0 Å². The van der Waals surface area contributed by atoms with Crippen LogP contribution in [0.2, 0.25) is 0 Å². The highest BCUT2D eigenvalue weighted by molar-refractivity contribution is 5.77. The predicted octanol–water partition coefficient (Wildman–Crippen LogP) is 0.638. The molecule has 88 valence electrons. The van der Waals surface area contributed by atoms with Crippen molar-refractivity contribution >= 4 is 11.9 Å². The van der Waals surface area contributed by atoms with Crippen LogP contribution in [-0.2, 0) is 14.3 Å². The van der Waals surface area contributed by atoms with E-state index in [0.717, 1.165) is 0 Å². The van der Waals surface area contributed by atoms with Gasteiger partial charge in [-0.2, -0.15) is 0 Å². The van der Waals surface area contributed by atoms with Crippen molar-refractivity contribution in [3.05, 3.63) is 0 Å². The molecule has 0 saturated carbocycles. The maximum Gasteiger partial charge on any atom is 0.308 e. The Bertz CT molecular complexity index is 215. The van der Waals surface area contributed by atoms with Gasteiger partial charge in [0.05, 0.1) is 18.6 Å². The molecule has 0 aromatic rings. The van der Waals surface area contributed by atoms with Gasteiger partial charge >= 0.3 is 5.97 Å². The fraction of sp³-hybridized carbons (Fsp3) is 0.800. The number of amides is 1. The lowest BCUT2D eigenvalue weighted by atomic mass is 10.2. The smallest absolute Gasteiger partial charge is 0.308 e. The minimum Gasteiger partial charge on any atom is -0.481 e. The molecule has 0 aliphatic carbocycles. The summed E-state index contributed by atoms with van der Waals surface area (Å²) in [7, 11) is 0. The third kappa shape index (κ3) is 7.93. The topological polar surface area (TPSA) is 75.6 Å². The highest BCUT2D eigenvalue weighted by atomic mass is 16.5. The SMILES string of the molecule is CC(C)OCCC(=O)NCC(C)C(=O)O. The summed E-state index contributed by atoms with van der Waals surface area (Å²) < 4.78 is 5.19. The molecule has 5 heteroatoms. The number of hydrogen-bond donors (Lipinski definition) is 2. The van der Waals surface area contributed by atoms with Crippen LogP contribution in [0, 0.1) is 5.92 Å². The van der Waals surface area contributed by atoms with Crippen molar-refractivity contribution in [3.8, 4) is 0 Å². The molecule has 1 amide bonds. The van der Waals surface area contributed by atoms with Crippen molar-refractivity contribution in [2.75, 3.05) is 13.2 Å². The summed E-state index contributed by atoms with van der Waals surface area (Å²) in [5.41, 5.74) is 0. The van der Waals surface area contributed by atoms with E-state index in [4.69, 9.17) is 9.84 Å². The number of carbonyl (C=O) groups is 2. The van der Waals surface area contributed by atoms with E-state index in [1.165, 1.54) is 0 Å². The van der Waals surface area contributed by atoms with Crippen molar-refractivity contribution < 1.29 is 19.4 Å². The van der Waals surface area contributed by atoms with Crippen molar-refractivity contribution in [2.45, 2.75) is 33.3 Å². The lowest BCUT2D eigenvalue weighted by Gasteiger charge is -2.09. The lowest BCUT2D eigenvalue weighted by Crippen LogP contribution is -2.32. The first-order valence-corrected chi connectivity index (χ1v) is 5.04. The molecule has 0 aliphatic heterocycles. The van der Waals surface area contributed by atoms with Gasteiger partial charge in [0, 0.05) is 13.0 Å². The maximum atomic E-state index is 11.2. The van der Waals surface area contributed by atoms with Crippen LogP contribution in [0.3, 0.4) is 0 Å². The van der Waals surface area contributed by atoms with Crippen molar-refractivity contribution in [3.63, 3.8) is 0 Å². The van der Waals surface area contributed by atoms with Gasteiger partial charge in [0.2, 0.25) is 5.91 Å². The van der Waals surface area contributed by atoms with Gasteiger partial charge in [0.1, 0.15) is 0 Å². The maximum absolute atomic E-state index is 11.2. The fourth-order valence-corrected chi connectivity index (χ4v) is 0.830. The van der Waals surface area contributed by atoms with Crippen molar-refractivity contribution in [1.29, 1.82) is 0 Å². The van der Waals surface area contributed by atoms with Crippen LogP contribution in [0.1, 0.15) is 27.2 Å². The van der Waals surface area contributed by atoms with E-state index in [0.29, 0.717) is 6.61 Å². The third-order valence-corrected chi connectivity index (χ3v) is 1.81. The Hall–Kier alpha value is -1.10. The van der Waals surface area contributed by atoms with E-state index in [9.17, 15) is 9.59 Å². The monoisotopic (exact) mass is 217 g/mol. The largest absolute Gasteiger partial charge is 0.481 e. The molecule has 5 nitrogen and oxygen atoms in total. The van der Waals surface area contributed by atoms with E-state index in [1.807, 2.05) is 13.8 Å². The zero-order valence-electron chi connectivity index (χ0n) is 9.45. The summed E-state index contributed by atoms with van der Waals surface area (Å²) in [6, 6.07) is 0. The summed E-state index contributed by atoms with van der Waals surface area (Å²) in [6.45, 7) is 5.86. The Morgan fingerprint density at radius 3 is 2.40 bits per heavy atom. The van der Waals surface area contributed by atoms with Crippen LogP contribution < -0.4 is 5.32 Å². The number of carboxylic acid groups (broad SMARTS) is 1. The molecule has 0 fully saturated rings. The lowest BCUT2D eigenvalue weighted by molar-refractivity contribution is -0.141. The summed E-state index contributed by atoms with van der Waals surface area (Å²) in [6.07, 6.45) is 0.376. The molecule has 0 rings (SSSR count). The van der Waals surface area contributed by atoms with Crippen LogP contribution in [0.15, 0.2) is 0 Å². The number of carboxylic acids is 1. The van der Waals surface area contributed by atoms with Gasteiger partial charge in [0.25, 0.3) is 0 Å². The number of hydrogen-bond acceptors (Lipinski definition) is 3. The molecular weight excluding hydrogens is 198 g/mol. The number of ether oxygens (including phenoxy) is 1. The molecule has 1 unspecified atom stereocenters. The van der Waals surface area contributed by atoms with Crippen LogP contribution in [-0.4, -0.2) is 36.2 Å². The van der Waals surface area contributed by atoms with Crippen LogP contribution >= 0.6 is 0 Å². The van der Waals surface area contributed by atoms with Gasteiger partial charge in [-0.3, -0.25) is 9.59 Å². The minimum absolute atomic E-state index is 0.107. The quantitative estimate of drug-likeness (QED) is 0.656. The van der Waals surface area contributed by atoms with Gasteiger partial charge in [-0.1, -0.05) is 6.92 Å². The highest BCUT2D eigenvalue weighted by Gasteiger charge is 2.11. The van der Waals surface area contributed by atoms with E-state index < -0.39 is 11.9 Å². The molecule has 2 N–H and O–H groups in total. The molecule has 0 aromatic heterocycles. The fourth-order valence-electron chi connectivity index (χ4n) is 0.830. The third-order valence-electron chi connectivity index (χ3n) is 1.81. The Labute approximate surface area is 89.8 Å². The first-order valence-electron chi connectivity index (χ1n) is 5.04. The van der Waals surface area contributed by atoms with Gasteiger partial charge in [-0.15, -0.1) is 0 Å². The normalized spacial score (nSPS) is 12.5.